The second-order valence-corrected chi connectivity index (χ2v) is 3.73. The fraction of sp³-hybridized carbons (Fsp3) is 0.500. The molecule has 1 fully saturated rings. The van der Waals surface area contributed by atoms with Crippen molar-refractivity contribution in [1.29, 1.82) is 0 Å². The Morgan fingerprint density at radius 1 is 1.36 bits per heavy atom. The van der Waals surface area contributed by atoms with Gasteiger partial charge in [0.25, 0.3) is 0 Å². The first-order chi connectivity index (χ1) is 6.92. The van der Waals surface area contributed by atoms with Crippen LogP contribution in [0.25, 0.3) is 0 Å². The molecule has 2 nitrogen and oxygen atoms in total. The van der Waals surface area contributed by atoms with Gasteiger partial charge in [-0.15, -0.1) is 0 Å². The Kier molecular flexibility index (Phi) is 3.17. The van der Waals surface area contributed by atoms with Gasteiger partial charge in [-0.05, 0) is 25.5 Å². The lowest BCUT2D eigenvalue weighted by atomic mass is 10.00. The van der Waals surface area contributed by atoms with Crippen molar-refractivity contribution in [1.82, 2.24) is 5.32 Å². The van der Waals surface area contributed by atoms with E-state index in [9.17, 15) is 0 Å². The third kappa shape index (κ3) is 1.97. The maximum absolute atomic E-state index is 5.70. The minimum atomic E-state index is 0.346. The first kappa shape index (κ1) is 9.69. The highest BCUT2D eigenvalue weighted by Gasteiger charge is 2.25. The summed E-state index contributed by atoms with van der Waals surface area (Å²) in [6.45, 7) is 0.912. The summed E-state index contributed by atoms with van der Waals surface area (Å²) >= 11 is 0. The number of rotatable bonds is 3. The number of nitrogens with one attached hydrogen (secondary N) is 1. The van der Waals surface area contributed by atoms with Crippen molar-refractivity contribution in [3.63, 3.8) is 0 Å². The standard InChI is InChI=1S/C12H17NO/c1-13-12(11-8-5-9-14-11)10-6-3-2-4-7-10/h2-4,6-7,11-13H,5,8-9H2,1H3. The van der Waals surface area contributed by atoms with Crippen molar-refractivity contribution in [2.45, 2.75) is 25.0 Å². The molecule has 2 heteroatoms. The molecule has 0 aromatic heterocycles. The van der Waals surface area contributed by atoms with Crippen LogP contribution in [-0.4, -0.2) is 19.8 Å². The van der Waals surface area contributed by atoms with Gasteiger partial charge in [0.15, 0.2) is 0 Å². The molecule has 1 aromatic carbocycles. The van der Waals surface area contributed by atoms with E-state index in [0.29, 0.717) is 12.1 Å². The van der Waals surface area contributed by atoms with Gasteiger partial charge in [-0.3, -0.25) is 0 Å². The van der Waals surface area contributed by atoms with Crippen molar-refractivity contribution in [2.24, 2.45) is 0 Å². The lowest BCUT2D eigenvalue weighted by Gasteiger charge is -2.22. The van der Waals surface area contributed by atoms with Crippen molar-refractivity contribution >= 4 is 0 Å². The zero-order chi connectivity index (χ0) is 9.80. The van der Waals surface area contributed by atoms with E-state index < -0.39 is 0 Å². The molecule has 0 bridgehead atoms. The second kappa shape index (κ2) is 4.58. The van der Waals surface area contributed by atoms with E-state index in [1.54, 1.807) is 0 Å². The lowest BCUT2D eigenvalue weighted by Crippen LogP contribution is -2.28. The van der Waals surface area contributed by atoms with Crippen LogP contribution in [0.15, 0.2) is 30.3 Å². The summed E-state index contributed by atoms with van der Waals surface area (Å²) < 4.78 is 5.70. The summed E-state index contributed by atoms with van der Waals surface area (Å²) in [5, 5.41) is 3.34. The lowest BCUT2D eigenvalue weighted by molar-refractivity contribution is 0.0808. The van der Waals surface area contributed by atoms with Gasteiger partial charge in [0.2, 0.25) is 0 Å². The minimum Gasteiger partial charge on any atom is -0.376 e. The van der Waals surface area contributed by atoms with Crippen LogP contribution in [0, 0.1) is 0 Å². The molecular weight excluding hydrogens is 174 g/mol. The topological polar surface area (TPSA) is 21.3 Å². The molecule has 1 aliphatic heterocycles. The van der Waals surface area contributed by atoms with Crippen molar-refractivity contribution < 1.29 is 4.74 Å². The Labute approximate surface area is 85.3 Å². The van der Waals surface area contributed by atoms with Crippen LogP contribution in [-0.2, 0) is 4.74 Å². The number of hydrogen-bond donors (Lipinski definition) is 1. The van der Waals surface area contributed by atoms with E-state index in [0.717, 1.165) is 6.61 Å². The van der Waals surface area contributed by atoms with Crippen molar-refractivity contribution in [2.75, 3.05) is 13.7 Å². The first-order valence-corrected chi connectivity index (χ1v) is 5.25. The van der Waals surface area contributed by atoms with E-state index in [4.69, 9.17) is 4.74 Å². The molecule has 1 N–H and O–H groups in total. The van der Waals surface area contributed by atoms with Gasteiger partial charge in [0.05, 0.1) is 12.1 Å². The highest BCUT2D eigenvalue weighted by Crippen LogP contribution is 2.26. The summed E-state index contributed by atoms with van der Waals surface area (Å²) in [6, 6.07) is 10.9. The average Bonchev–Trinajstić information content (AvgIpc) is 2.74. The fourth-order valence-electron chi connectivity index (χ4n) is 2.09. The monoisotopic (exact) mass is 191 g/mol. The number of hydrogen-bond acceptors (Lipinski definition) is 2. The molecule has 14 heavy (non-hydrogen) atoms. The van der Waals surface area contributed by atoms with Crippen molar-refractivity contribution in [3.05, 3.63) is 35.9 Å². The van der Waals surface area contributed by atoms with Gasteiger partial charge >= 0.3 is 0 Å². The average molecular weight is 191 g/mol. The van der Waals surface area contributed by atoms with Crippen molar-refractivity contribution in [3.8, 4) is 0 Å². The predicted molar refractivity (Wildman–Crippen MR) is 57.2 cm³/mol. The minimum absolute atomic E-state index is 0.346. The Bertz CT molecular complexity index is 267. The summed E-state index contributed by atoms with van der Waals surface area (Å²) in [4.78, 5) is 0. The largest absolute Gasteiger partial charge is 0.376 e. The zero-order valence-corrected chi connectivity index (χ0v) is 8.57. The molecule has 0 radical (unpaired) electrons. The molecule has 1 saturated heterocycles. The summed E-state index contributed by atoms with van der Waals surface area (Å²) in [7, 11) is 2.00. The normalized spacial score (nSPS) is 23.6. The van der Waals surface area contributed by atoms with Crippen LogP contribution in [0.2, 0.25) is 0 Å². The molecule has 0 spiro atoms. The Balaban J connectivity index is 2.12. The smallest absolute Gasteiger partial charge is 0.0770 e. The summed E-state index contributed by atoms with van der Waals surface area (Å²) in [6.07, 6.45) is 2.71. The van der Waals surface area contributed by atoms with Gasteiger partial charge in [0, 0.05) is 6.61 Å². The molecule has 1 aromatic rings. The molecule has 76 valence electrons. The van der Waals surface area contributed by atoms with E-state index in [1.165, 1.54) is 18.4 Å². The molecule has 2 unspecified atom stereocenters. The van der Waals surface area contributed by atoms with Crippen LogP contribution in [0.4, 0.5) is 0 Å². The molecule has 0 amide bonds. The van der Waals surface area contributed by atoms with Gasteiger partial charge < -0.3 is 10.1 Å². The number of ether oxygens (including phenoxy) is 1. The number of benzene rings is 1. The van der Waals surface area contributed by atoms with Crippen LogP contribution in [0.5, 0.6) is 0 Å². The fourth-order valence-corrected chi connectivity index (χ4v) is 2.09. The molecular formula is C12H17NO. The summed E-state index contributed by atoms with van der Waals surface area (Å²) in [5.41, 5.74) is 1.32. The van der Waals surface area contributed by atoms with Gasteiger partial charge in [-0.1, -0.05) is 30.3 Å². The van der Waals surface area contributed by atoms with E-state index >= 15 is 0 Å². The molecule has 1 aliphatic rings. The second-order valence-electron chi connectivity index (χ2n) is 3.73. The Hall–Kier alpha value is -0.860. The third-order valence-electron chi connectivity index (χ3n) is 2.81. The van der Waals surface area contributed by atoms with Crippen LogP contribution in [0.3, 0.4) is 0 Å². The third-order valence-corrected chi connectivity index (χ3v) is 2.81. The van der Waals surface area contributed by atoms with E-state index in [2.05, 4.69) is 29.6 Å². The highest BCUT2D eigenvalue weighted by atomic mass is 16.5. The van der Waals surface area contributed by atoms with E-state index in [-0.39, 0.29) is 0 Å². The van der Waals surface area contributed by atoms with Gasteiger partial charge in [0.1, 0.15) is 0 Å². The molecule has 0 saturated carbocycles. The maximum Gasteiger partial charge on any atom is 0.0770 e. The van der Waals surface area contributed by atoms with Gasteiger partial charge in [-0.2, -0.15) is 0 Å². The Morgan fingerprint density at radius 3 is 2.71 bits per heavy atom. The van der Waals surface area contributed by atoms with Gasteiger partial charge in [-0.25, -0.2) is 0 Å². The predicted octanol–water partition coefficient (Wildman–Crippen LogP) is 2.13. The van der Waals surface area contributed by atoms with E-state index in [1.807, 2.05) is 13.1 Å². The zero-order valence-electron chi connectivity index (χ0n) is 8.57. The first-order valence-electron chi connectivity index (χ1n) is 5.25. The van der Waals surface area contributed by atoms with Crippen LogP contribution >= 0.6 is 0 Å². The Morgan fingerprint density at radius 2 is 2.14 bits per heavy atom. The number of likely N-dealkylation sites (N-methyl/N-ethyl adjacent to an activating group) is 1. The highest BCUT2D eigenvalue weighted by molar-refractivity contribution is 5.20. The molecule has 1 heterocycles. The molecule has 0 aliphatic carbocycles. The van der Waals surface area contributed by atoms with Crippen LogP contribution in [0.1, 0.15) is 24.4 Å². The summed E-state index contributed by atoms with van der Waals surface area (Å²) in [5.74, 6) is 0. The maximum atomic E-state index is 5.70. The van der Waals surface area contributed by atoms with Crippen LogP contribution < -0.4 is 5.32 Å². The SMILES string of the molecule is CNC(c1ccccc1)C1CCCO1. The molecule has 2 atom stereocenters. The quantitative estimate of drug-likeness (QED) is 0.790. The molecule has 2 rings (SSSR count).